The lowest BCUT2D eigenvalue weighted by Gasteiger charge is -2.20. The summed E-state index contributed by atoms with van der Waals surface area (Å²) in [4.78, 5) is 32.7. The van der Waals surface area contributed by atoms with E-state index in [1.165, 1.54) is 18.4 Å². The lowest BCUT2D eigenvalue weighted by Crippen LogP contribution is -2.25. The first-order valence-corrected chi connectivity index (χ1v) is 12.1. The molecule has 7 heteroatoms. The third-order valence-corrected chi connectivity index (χ3v) is 6.15. The van der Waals surface area contributed by atoms with E-state index in [0.29, 0.717) is 29.4 Å². The Morgan fingerprint density at radius 2 is 1.67 bits per heavy atom. The molecule has 0 N–H and O–H groups in total. The first-order chi connectivity index (χ1) is 16.0. The van der Waals surface area contributed by atoms with Crippen molar-refractivity contribution in [3.63, 3.8) is 0 Å². The fourth-order valence-electron chi connectivity index (χ4n) is 3.48. The number of methoxy groups -OCH3 is 1. The van der Waals surface area contributed by atoms with Crippen LogP contribution in [0.5, 0.6) is 5.75 Å². The zero-order valence-electron chi connectivity index (χ0n) is 19.6. The number of thiazole rings is 1. The number of hydrogen-bond donors (Lipinski definition) is 0. The van der Waals surface area contributed by atoms with Crippen molar-refractivity contribution < 1.29 is 19.1 Å². The normalized spacial score (nSPS) is 10.7. The summed E-state index contributed by atoms with van der Waals surface area (Å²) in [5.41, 5.74) is 3.00. The van der Waals surface area contributed by atoms with E-state index >= 15 is 0 Å². The summed E-state index contributed by atoms with van der Waals surface area (Å²) < 4.78 is 10.4. The van der Waals surface area contributed by atoms with Gasteiger partial charge in [-0.25, -0.2) is 9.78 Å². The predicted molar refractivity (Wildman–Crippen MR) is 133 cm³/mol. The quantitative estimate of drug-likeness (QED) is 0.323. The van der Waals surface area contributed by atoms with E-state index in [4.69, 9.17) is 14.5 Å². The average Bonchev–Trinajstić information content (AvgIpc) is 3.23. The van der Waals surface area contributed by atoms with Crippen molar-refractivity contribution in [1.29, 1.82) is 0 Å². The minimum Gasteiger partial charge on any atom is -0.494 e. The zero-order valence-corrected chi connectivity index (χ0v) is 20.4. The second-order valence-corrected chi connectivity index (χ2v) is 8.56. The van der Waals surface area contributed by atoms with Crippen molar-refractivity contribution in [2.24, 2.45) is 0 Å². The maximum absolute atomic E-state index is 13.1. The van der Waals surface area contributed by atoms with E-state index < -0.39 is 5.97 Å². The van der Waals surface area contributed by atoms with Gasteiger partial charge in [0.25, 0.3) is 0 Å². The predicted octanol–water partition coefficient (Wildman–Crippen LogP) is 6.41. The highest BCUT2D eigenvalue weighted by Crippen LogP contribution is 2.38. The van der Waals surface area contributed by atoms with Crippen LogP contribution in [0.2, 0.25) is 0 Å². The molecular weight excluding hydrogens is 436 g/mol. The van der Waals surface area contributed by atoms with Crippen LogP contribution in [0.3, 0.4) is 0 Å². The van der Waals surface area contributed by atoms with Crippen molar-refractivity contribution in [1.82, 2.24) is 4.98 Å². The Bertz CT molecular complexity index is 1070. The maximum Gasteiger partial charge on any atom is 0.337 e. The van der Waals surface area contributed by atoms with Crippen LogP contribution in [-0.4, -0.2) is 30.6 Å². The van der Waals surface area contributed by atoms with Gasteiger partial charge < -0.3 is 9.47 Å². The first kappa shape index (κ1) is 24.5. The van der Waals surface area contributed by atoms with Crippen LogP contribution < -0.4 is 9.64 Å². The largest absolute Gasteiger partial charge is 0.494 e. The Balaban J connectivity index is 2.04. The molecule has 33 heavy (non-hydrogen) atoms. The number of amides is 1. The van der Waals surface area contributed by atoms with Gasteiger partial charge in [-0.2, -0.15) is 0 Å². The molecule has 0 bridgehead atoms. The highest BCUT2D eigenvalue weighted by Gasteiger charge is 2.24. The van der Waals surface area contributed by atoms with Crippen molar-refractivity contribution in [2.75, 3.05) is 18.6 Å². The number of anilines is 2. The number of hydrogen-bond acceptors (Lipinski definition) is 6. The van der Waals surface area contributed by atoms with Crippen LogP contribution in [0.15, 0.2) is 48.5 Å². The highest BCUT2D eigenvalue weighted by atomic mass is 32.1. The molecule has 0 radical (unpaired) electrons. The number of benzene rings is 2. The van der Waals surface area contributed by atoms with Crippen molar-refractivity contribution in [3.8, 4) is 17.0 Å². The fourth-order valence-corrected chi connectivity index (χ4v) is 4.71. The van der Waals surface area contributed by atoms with Crippen molar-refractivity contribution in [3.05, 3.63) is 59.0 Å². The van der Waals surface area contributed by atoms with Crippen molar-refractivity contribution in [2.45, 2.75) is 46.5 Å². The molecule has 1 heterocycles. The molecule has 1 aromatic heterocycles. The van der Waals surface area contributed by atoms with E-state index in [2.05, 4.69) is 6.92 Å². The molecule has 0 unspecified atom stereocenters. The van der Waals surface area contributed by atoms with Crippen LogP contribution in [0.1, 0.15) is 55.3 Å². The molecule has 6 nitrogen and oxygen atoms in total. The topological polar surface area (TPSA) is 68.7 Å². The fraction of sp³-hybridized carbons (Fsp3) is 0.346. The zero-order chi connectivity index (χ0) is 23.8. The van der Waals surface area contributed by atoms with Gasteiger partial charge in [0.05, 0.1) is 30.7 Å². The van der Waals surface area contributed by atoms with E-state index in [9.17, 15) is 9.59 Å². The number of carbonyl (C=O) groups excluding carboxylic acids is 2. The smallest absolute Gasteiger partial charge is 0.337 e. The summed E-state index contributed by atoms with van der Waals surface area (Å²) in [5, 5.41) is 0.631. The Labute approximate surface area is 199 Å². The first-order valence-electron chi connectivity index (χ1n) is 11.3. The number of esters is 1. The van der Waals surface area contributed by atoms with Crippen LogP contribution in [-0.2, 0) is 16.0 Å². The van der Waals surface area contributed by atoms with Crippen LogP contribution >= 0.6 is 11.3 Å². The third-order valence-electron chi connectivity index (χ3n) is 5.05. The van der Waals surface area contributed by atoms with E-state index in [1.807, 2.05) is 38.1 Å². The highest BCUT2D eigenvalue weighted by molar-refractivity contribution is 7.16. The molecule has 0 saturated carbocycles. The molecule has 0 aliphatic carbocycles. The van der Waals surface area contributed by atoms with Gasteiger partial charge >= 0.3 is 5.97 Å². The molecule has 0 aliphatic rings. The summed E-state index contributed by atoms with van der Waals surface area (Å²) >= 11 is 1.54. The third kappa shape index (κ3) is 5.79. The summed E-state index contributed by atoms with van der Waals surface area (Å²) in [5.74, 6) is 0.378. The Morgan fingerprint density at radius 3 is 2.24 bits per heavy atom. The van der Waals surface area contributed by atoms with E-state index in [-0.39, 0.29) is 5.91 Å². The number of aromatic nitrogens is 1. The Morgan fingerprint density at radius 1 is 0.970 bits per heavy atom. The number of ether oxygens (including phenoxy) is 2. The maximum atomic E-state index is 13.1. The second-order valence-electron chi connectivity index (χ2n) is 7.49. The number of nitrogens with zero attached hydrogens (tertiary/aromatic N) is 2. The molecule has 0 aliphatic heterocycles. The lowest BCUT2D eigenvalue weighted by atomic mass is 10.1. The van der Waals surface area contributed by atoms with Crippen LogP contribution in [0, 0.1) is 0 Å². The lowest BCUT2D eigenvalue weighted by molar-refractivity contribution is -0.117. The molecule has 0 atom stereocenters. The van der Waals surface area contributed by atoms with Gasteiger partial charge in [-0.15, -0.1) is 11.3 Å². The monoisotopic (exact) mass is 466 g/mol. The summed E-state index contributed by atoms with van der Waals surface area (Å²) in [6, 6.07) is 14.8. The standard InChI is InChI=1S/C26H30N2O4S/c1-5-8-22-24(18-12-16-21(17-13-18)32-7-3)27-26(33-22)28(23(29)9-6-2)20-14-10-19(11-15-20)25(30)31-4/h10-17H,5-9H2,1-4H3. The molecule has 0 saturated heterocycles. The minimum atomic E-state index is -0.412. The Hall–Kier alpha value is -3.19. The van der Waals surface area contributed by atoms with Gasteiger partial charge in [0.2, 0.25) is 5.91 Å². The summed E-state index contributed by atoms with van der Waals surface area (Å²) in [6.07, 6.45) is 2.98. The van der Waals surface area contributed by atoms with Gasteiger partial charge in [0.15, 0.2) is 5.13 Å². The molecule has 3 aromatic rings. The molecule has 0 fully saturated rings. The number of aryl methyl sites for hydroxylation is 1. The minimum absolute atomic E-state index is 0.0293. The van der Waals surface area contributed by atoms with Gasteiger partial charge in [0, 0.05) is 16.9 Å². The Kier molecular flexibility index (Phi) is 8.60. The molecule has 174 valence electrons. The second kappa shape index (κ2) is 11.6. The van der Waals surface area contributed by atoms with Crippen LogP contribution in [0.4, 0.5) is 10.8 Å². The van der Waals surface area contributed by atoms with Crippen LogP contribution in [0.25, 0.3) is 11.3 Å². The van der Waals surface area contributed by atoms with Gasteiger partial charge in [-0.3, -0.25) is 9.69 Å². The average molecular weight is 467 g/mol. The van der Waals surface area contributed by atoms with E-state index in [0.717, 1.165) is 41.1 Å². The van der Waals surface area contributed by atoms with E-state index in [1.54, 1.807) is 29.2 Å². The molecule has 1 amide bonds. The van der Waals surface area contributed by atoms with Gasteiger partial charge in [-0.1, -0.05) is 20.3 Å². The van der Waals surface area contributed by atoms with Crippen molar-refractivity contribution >= 4 is 34.0 Å². The molecule has 0 spiro atoms. The van der Waals surface area contributed by atoms with Gasteiger partial charge in [-0.05, 0) is 68.3 Å². The number of rotatable bonds is 10. The molecule has 2 aromatic carbocycles. The molecule has 3 rings (SSSR count). The summed E-state index contributed by atoms with van der Waals surface area (Å²) in [7, 11) is 1.35. The SMILES string of the molecule is CCCC(=O)N(c1ccc(C(=O)OC)cc1)c1nc(-c2ccc(OCC)cc2)c(CCC)s1. The molecular formula is C26H30N2O4S. The van der Waals surface area contributed by atoms with Gasteiger partial charge in [0.1, 0.15) is 5.75 Å². The summed E-state index contributed by atoms with van der Waals surface area (Å²) in [6.45, 7) is 6.68. The number of carbonyl (C=O) groups is 2.